The maximum Gasteiger partial charge on any atom is 0.268 e. The minimum absolute atomic E-state index is 0.00811. The lowest BCUT2D eigenvalue weighted by Gasteiger charge is -2.17. The first-order chi connectivity index (χ1) is 17.7. The van der Waals surface area contributed by atoms with Gasteiger partial charge in [0.2, 0.25) is 5.78 Å². The van der Waals surface area contributed by atoms with E-state index in [1.807, 2.05) is 30.3 Å². The van der Waals surface area contributed by atoms with Gasteiger partial charge in [0.25, 0.3) is 5.56 Å². The molecule has 178 valence electrons. The predicted octanol–water partition coefficient (Wildman–Crippen LogP) is 6.67. The van der Waals surface area contributed by atoms with Crippen LogP contribution in [-0.2, 0) is 18.6 Å². The molecule has 0 radical (unpaired) electrons. The quantitative estimate of drug-likeness (QED) is 0.250. The standard InChI is InChI=1S/C29H24N4OS2/c1-18-14-15-23-24(16-18)36-27-25(23)26(34)32(21-11-3-2-4-12-21)28-30-31-29(33(27)28)35-17-20-10-7-9-19-8-5-6-13-22(19)20/h2-13,18H,14-17H2,1H3/t18-/m0/s1. The number of nitrogens with zero attached hydrogens (tertiary/aromatic N) is 4. The molecule has 7 heteroatoms. The highest BCUT2D eigenvalue weighted by Crippen LogP contribution is 2.38. The molecule has 1 aliphatic rings. The molecule has 36 heavy (non-hydrogen) atoms. The van der Waals surface area contributed by atoms with Crippen LogP contribution in [0.1, 0.15) is 29.3 Å². The Balaban J connectivity index is 1.44. The van der Waals surface area contributed by atoms with Crippen molar-refractivity contribution in [2.75, 3.05) is 0 Å². The normalized spacial score (nSPS) is 15.6. The lowest BCUT2D eigenvalue weighted by Crippen LogP contribution is -2.22. The molecule has 0 saturated heterocycles. The van der Waals surface area contributed by atoms with Gasteiger partial charge >= 0.3 is 0 Å². The summed E-state index contributed by atoms with van der Waals surface area (Å²) in [7, 11) is 0. The second-order valence-electron chi connectivity index (χ2n) is 9.55. The number of hydrogen-bond acceptors (Lipinski definition) is 5. The van der Waals surface area contributed by atoms with Crippen molar-refractivity contribution >= 4 is 49.9 Å². The summed E-state index contributed by atoms with van der Waals surface area (Å²) >= 11 is 3.43. The Morgan fingerprint density at radius 2 is 1.81 bits per heavy atom. The summed E-state index contributed by atoms with van der Waals surface area (Å²) in [5.74, 6) is 1.99. The number of benzene rings is 3. The molecule has 3 heterocycles. The topological polar surface area (TPSA) is 52.2 Å². The van der Waals surface area contributed by atoms with Crippen LogP contribution in [0.15, 0.2) is 82.7 Å². The van der Waals surface area contributed by atoms with Gasteiger partial charge in [-0.25, -0.2) is 8.97 Å². The smallest absolute Gasteiger partial charge is 0.268 e. The van der Waals surface area contributed by atoms with E-state index in [2.05, 4.69) is 64.0 Å². The van der Waals surface area contributed by atoms with E-state index >= 15 is 0 Å². The SMILES string of the molecule is C[C@H]1CCc2c(sc3c2c(=O)n(-c2ccccc2)c2nnc(SCc4cccc5ccccc45)n32)C1. The molecule has 3 aromatic carbocycles. The summed E-state index contributed by atoms with van der Waals surface area (Å²) in [6.45, 7) is 2.30. The van der Waals surface area contributed by atoms with Gasteiger partial charge in [-0.1, -0.05) is 79.3 Å². The van der Waals surface area contributed by atoms with Crippen molar-refractivity contribution in [3.05, 3.63) is 99.2 Å². The molecular formula is C29H24N4OS2. The number of aryl methyl sites for hydroxylation is 1. The molecular weight excluding hydrogens is 484 g/mol. The maximum atomic E-state index is 14.0. The summed E-state index contributed by atoms with van der Waals surface area (Å²) in [4.78, 5) is 16.3. The van der Waals surface area contributed by atoms with Crippen LogP contribution in [0.5, 0.6) is 0 Å². The Bertz CT molecular complexity index is 1810. The molecule has 5 nitrogen and oxygen atoms in total. The Hall–Kier alpha value is -3.42. The van der Waals surface area contributed by atoms with Gasteiger partial charge in [0, 0.05) is 10.6 Å². The third-order valence-corrected chi connectivity index (χ3v) is 9.40. The molecule has 1 aliphatic carbocycles. The fourth-order valence-corrected chi connectivity index (χ4v) is 7.86. The zero-order valence-corrected chi connectivity index (χ0v) is 21.5. The van der Waals surface area contributed by atoms with Gasteiger partial charge in [0.15, 0.2) is 5.16 Å². The van der Waals surface area contributed by atoms with Crippen LogP contribution in [0, 0.1) is 5.92 Å². The number of aromatic nitrogens is 4. The lowest BCUT2D eigenvalue weighted by molar-refractivity contribution is 0.509. The zero-order valence-electron chi connectivity index (χ0n) is 19.8. The van der Waals surface area contributed by atoms with Gasteiger partial charge in [0.05, 0.1) is 11.1 Å². The average molecular weight is 509 g/mol. The first-order valence-electron chi connectivity index (χ1n) is 12.3. The molecule has 0 saturated carbocycles. The van der Waals surface area contributed by atoms with E-state index in [9.17, 15) is 4.79 Å². The molecule has 1 atom stereocenters. The van der Waals surface area contributed by atoms with Crippen LogP contribution in [0.25, 0.3) is 32.5 Å². The van der Waals surface area contributed by atoms with Gasteiger partial charge in [-0.15, -0.1) is 21.5 Å². The third-order valence-electron chi connectivity index (χ3n) is 7.18. The second-order valence-corrected chi connectivity index (χ2v) is 11.6. The monoisotopic (exact) mass is 508 g/mol. The van der Waals surface area contributed by atoms with Crippen molar-refractivity contribution in [3.63, 3.8) is 0 Å². The fraction of sp³-hybridized carbons (Fsp3) is 0.207. The largest absolute Gasteiger partial charge is 0.268 e. The molecule has 0 spiro atoms. The minimum atomic E-state index is 0.00811. The summed E-state index contributed by atoms with van der Waals surface area (Å²) in [6, 6.07) is 24.7. The van der Waals surface area contributed by atoms with Crippen LogP contribution < -0.4 is 5.56 Å². The highest BCUT2D eigenvalue weighted by molar-refractivity contribution is 7.98. The molecule has 0 unspecified atom stereocenters. The van der Waals surface area contributed by atoms with Crippen molar-refractivity contribution < 1.29 is 0 Å². The molecule has 7 rings (SSSR count). The van der Waals surface area contributed by atoms with Crippen LogP contribution in [-0.4, -0.2) is 19.2 Å². The minimum Gasteiger partial charge on any atom is -0.268 e. The van der Waals surface area contributed by atoms with E-state index in [4.69, 9.17) is 0 Å². The van der Waals surface area contributed by atoms with Gasteiger partial charge < -0.3 is 0 Å². The zero-order chi connectivity index (χ0) is 24.2. The Kier molecular flexibility index (Phi) is 5.22. The van der Waals surface area contributed by atoms with Crippen molar-refractivity contribution in [1.82, 2.24) is 19.2 Å². The Morgan fingerprint density at radius 1 is 1.00 bits per heavy atom. The van der Waals surface area contributed by atoms with Crippen molar-refractivity contribution in [2.45, 2.75) is 37.1 Å². The van der Waals surface area contributed by atoms with Gasteiger partial charge in [-0.05, 0) is 59.2 Å². The fourth-order valence-electron chi connectivity index (χ4n) is 5.37. The highest BCUT2D eigenvalue weighted by Gasteiger charge is 2.27. The first kappa shape index (κ1) is 21.8. The van der Waals surface area contributed by atoms with Crippen LogP contribution in [0.3, 0.4) is 0 Å². The van der Waals surface area contributed by atoms with Gasteiger partial charge in [0.1, 0.15) is 4.83 Å². The van der Waals surface area contributed by atoms with E-state index in [1.54, 1.807) is 27.7 Å². The third kappa shape index (κ3) is 3.41. The molecule has 0 N–H and O–H groups in total. The van der Waals surface area contributed by atoms with Crippen LogP contribution in [0.2, 0.25) is 0 Å². The van der Waals surface area contributed by atoms with E-state index in [1.165, 1.54) is 26.8 Å². The van der Waals surface area contributed by atoms with E-state index in [-0.39, 0.29) is 5.56 Å². The second kappa shape index (κ2) is 8.61. The molecule has 0 bridgehead atoms. The number of hydrogen-bond donors (Lipinski definition) is 0. The number of para-hydroxylation sites is 1. The number of thiophene rings is 1. The van der Waals surface area contributed by atoms with Crippen molar-refractivity contribution in [1.29, 1.82) is 0 Å². The summed E-state index contributed by atoms with van der Waals surface area (Å²) < 4.78 is 3.86. The molecule has 0 amide bonds. The summed E-state index contributed by atoms with van der Waals surface area (Å²) in [6.07, 6.45) is 3.10. The number of rotatable bonds is 4. The molecule has 0 fully saturated rings. The lowest BCUT2D eigenvalue weighted by atomic mass is 9.89. The predicted molar refractivity (Wildman–Crippen MR) is 149 cm³/mol. The van der Waals surface area contributed by atoms with Crippen molar-refractivity contribution in [2.24, 2.45) is 5.92 Å². The number of thioether (sulfide) groups is 1. The summed E-state index contributed by atoms with van der Waals surface area (Å²) in [5, 5.41) is 13.3. The van der Waals surface area contributed by atoms with Crippen LogP contribution >= 0.6 is 23.1 Å². The molecule has 0 aliphatic heterocycles. The van der Waals surface area contributed by atoms with E-state index in [0.717, 1.165) is 46.1 Å². The summed E-state index contributed by atoms with van der Waals surface area (Å²) in [5.41, 5.74) is 3.32. The van der Waals surface area contributed by atoms with Gasteiger partial charge in [-0.2, -0.15) is 0 Å². The maximum absolute atomic E-state index is 14.0. The van der Waals surface area contributed by atoms with Gasteiger partial charge in [-0.3, -0.25) is 4.79 Å². The first-order valence-corrected chi connectivity index (χ1v) is 14.1. The molecule has 6 aromatic rings. The number of fused-ring (bicyclic) bond motifs is 6. The van der Waals surface area contributed by atoms with Crippen molar-refractivity contribution in [3.8, 4) is 5.69 Å². The van der Waals surface area contributed by atoms with E-state index in [0.29, 0.717) is 11.7 Å². The average Bonchev–Trinajstić information content (AvgIpc) is 3.49. The van der Waals surface area contributed by atoms with Crippen LogP contribution in [0.4, 0.5) is 0 Å². The van der Waals surface area contributed by atoms with E-state index < -0.39 is 0 Å². The molecule has 3 aromatic heterocycles. The Morgan fingerprint density at radius 3 is 2.69 bits per heavy atom. The Labute approximate surface area is 216 Å². The highest BCUT2D eigenvalue weighted by atomic mass is 32.2.